The largest absolute Gasteiger partial charge is 0.489 e. The van der Waals surface area contributed by atoms with Gasteiger partial charge >= 0.3 is 0 Å². The lowest BCUT2D eigenvalue weighted by Gasteiger charge is -2.18. The van der Waals surface area contributed by atoms with Gasteiger partial charge in [0.25, 0.3) is 11.8 Å². The van der Waals surface area contributed by atoms with E-state index in [4.69, 9.17) is 4.74 Å². The first kappa shape index (κ1) is 24.7. The number of allylic oxidation sites excluding steroid dienone is 1. The summed E-state index contributed by atoms with van der Waals surface area (Å²) >= 11 is 0. The highest BCUT2D eigenvalue weighted by Crippen LogP contribution is 2.38. The zero-order valence-electron chi connectivity index (χ0n) is 19.5. The second-order valence-corrected chi connectivity index (χ2v) is 10.6. The summed E-state index contributed by atoms with van der Waals surface area (Å²) in [6.07, 6.45) is 5.31. The molecule has 2 amide bonds. The van der Waals surface area contributed by atoms with Gasteiger partial charge in [0, 0.05) is 6.21 Å². The van der Waals surface area contributed by atoms with Gasteiger partial charge in [0.2, 0.25) is 0 Å². The summed E-state index contributed by atoms with van der Waals surface area (Å²) in [7, 11) is -0.352. The second-order valence-electron chi connectivity index (χ2n) is 8.21. The smallest absolute Gasteiger partial charge is 0.270 e. The van der Waals surface area contributed by atoms with E-state index in [1.807, 2.05) is 37.3 Å². The quantitative estimate of drug-likeness (QED) is 0.312. The van der Waals surface area contributed by atoms with Gasteiger partial charge in [-0.3, -0.25) is 14.6 Å². The van der Waals surface area contributed by atoms with Crippen LogP contribution in [-0.2, 0) is 15.8 Å². The van der Waals surface area contributed by atoms with Crippen LogP contribution in [0.3, 0.4) is 0 Å². The highest BCUT2D eigenvalue weighted by Gasteiger charge is 2.27. The standard InChI is InChI=1S/C26H32N3O3P/c1-4-5-15-27-24(19(2)17-33(3)18-20-11-7-6-8-12-20)26(31)29-22-16-32-23-14-10-9-13-21(23)28-25(22)30/h6-15,22H,4-5,16-18H2,1-3H3,(H,28,30)(H,29,31)/b24-19-,27-15+. The molecule has 0 aromatic heterocycles. The van der Waals surface area contributed by atoms with Crippen LogP contribution in [0.2, 0.25) is 0 Å². The topological polar surface area (TPSA) is 79.8 Å². The number of unbranched alkanes of at least 4 members (excludes halogenated alkanes) is 1. The number of amides is 2. The minimum Gasteiger partial charge on any atom is -0.489 e. The minimum atomic E-state index is -0.804. The van der Waals surface area contributed by atoms with E-state index in [9.17, 15) is 9.59 Å². The predicted molar refractivity (Wildman–Crippen MR) is 136 cm³/mol. The molecule has 174 valence electrons. The van der Waals surface area contributed by atoms with Crippen molar-refractivity contribution >= 4 is 31.6 Å². The SMILES string of the molecule is CCC/C=N/C(C(=O)NC1COc2ccccc2NC1=O)=C(/C)CP(C)Cc1ccccc1. The van der Waals surface area contributed by atoms with Crippen LogP contribution in [0.5, 0.6) is 5.75 Å². The fourth-order valence-electron chi connectivity index (χ4n) is 3.58. The molecule has 0 saturated carbocycles. The molecule has 7 heteroatoms. The maximum atomic E-state index is 13.2. The zero-order chi connectivity index (χ0) is 23.6. The molecule has 33 heavy (non-hydrogen) atoms. The van der Waals surface area contributed by atoms with Crippen molar-refractivity contribution in [3.05, 3.63) is 71.4 Å². The molecule has 0 fully saturated rings. The summed E-state index contributed by atoms with van der Waals surface area (Å²) in [5.74, 6) is -0.0598. The Labute approximate surface area is 197 Å². The van der Waals surface area contributed by atoms with Crippen LogP contribution in [0, 0.1) is 0 Å². The number of hydrogen-bond donors (Lipinski definition) is 2. The number of carbonyl (C=O) groups is 2. The molecule has 1 heterocycles. The van der Waals surface area contributed by atoms with Crippen LogP contribution in [0.4, 0.5) is 5.69 Å². The van der Waals surface area contributed by atoms with Gasteiger partial charge in [-0.2, -0.15) is 0 Å². The number of rotatable bonds is 9. The molecule has 2 unspecified atom stereocenters. The number of carbonyl (C=O) groups excluding carboxylic acids is 2. The maximum absolute atomic E-state index is 13.2. The molecule has 2 aromatic carbocycles. The number of nitrogens with one attached hydrogen (secondary N) is 2. The normalized spacial score (nSPS) is 17.3. The third-order valence-corrected chi connectivity index (χ3v) is 7.15. The average molecular weight is 466 g/mol. The Morgan fingerprint density at radius 1 is 1.21 bits per heavy atom. The number of fused-ring (bicyclic) bond motifs is 1. The summed E-state index contributed by atoms with van der Waals surface area (Å²) < 4.78 is 5.75. The number of para-hydroxylation sites is 2. The van der Waals surface area contributed by atoms with Crippen LogP contribution in [0.15, 0.2) is 70.9 Å². The van der Waals surface area contributed by atoms with Crippen LogP contribution in [-0.4, -0.2) is 43.5 Å². The van der Waals surface area contributed by atoms with Crippen LogP contribution >= 0.6 is 7.92 Å². The van der Waals surface area contributed by atoms with Crippen molar-refractivity contribution in [1.82, 2.24) is 5.32 Å². The number of aliphatic imine (C=N–C) groups is 1. The Morgan fingerprint density at radius 2 is 1.94 bits per heavy atom. The third-order valence-electron chi connectivity index (χ3n) is 5.23. The first-order valence-corrected chi connectivity index (χ1v) is 13.4. The van der Waals surface area contributed by atoms with E-state index in [1.54, 1.807) is 18.3 Å². The van der Waals surface area contributed by atoms with Crippen LogP contribution in [0.25, 0.3) is 0 Å². The van der Waals surface area contributed by atoms with Crippen molar-refractivity contribution in [3.8, 4) is 5.75 Å². The van der Waals surface area contributed by atoms with Gasteiger partial charge < -0.3 is 15.4 Å². The first-order chi connectivity index (χ1) is 16.0. The van der Waals surface area contributed by atoms with Gasteiger partial charge in [-0.1, -0.05) is 55.8 Å². The average Bonchev–Trinajstić information content (AvgIpc) is 2.95. The Bertz CT molecular complexity index is 1020. The van der Waals surface area contributed by atoms with Crippen molar-refractivity contribution in [3.63, 3.8) is 0 Å². The molecule has 0 spiro atoms. The van der Waals surface area contributed by atoms with Gasteiger partial charge in [0.1, 0.15) is 24.1 Å². The molecule has 1 aliphatic heterocycles. The van der Waals surface area contributed by atoms with Crippen LogP contribution < -0.4 is 15.4 Å². The number of benzene rings is 2. The van der Waals surface area contributed by atoms with Gasteiger partial charge in [-0.15, -0.1) is 7.92 Å². The number of hydrogen-bond acceptors (Lipinski definition) is 4. The van der Waals surface area contributed by atoms with Crippen molar-refractivity contribution in [1.29, 1.82) is 0 Å². The molecule has 2 aromatic rings. The molecule has 0 aliphatic carbocycles. The Morgan fingerprint density at radius 3 is 2.70 bits per heavy atom. The molecule has 2 atom stereocenters. The fraction of sp³-hybridized carbons (Fsp3) is 0.346. The van der Waals surface area contributed by atoms with E-state index in [-0.39, 0.29) is 26.3 Å². The number of anilines is 1. The van der Waals surface area contributed by atoms with E-state index in [0.717, 1.165) is 30.7 Å². The van der Waals surface area contributed by atoms with Crippen LogP contribution in [0.1, 0.15) is 32.3 Å². The van der Waals surface area contributed by atoms with E-state index in [1.165, 1.54) is 5.56 Å². The molecule has 2 N–H and O–H groups in total. The van der Waals surface area contributed by atoms with Gasteiger partial charge in [-0.25, -0.2) is 0 Å². The minimum absolute atomic E-state index is 0.0636. The first-order valence-electron chi connectivity index (χ1n) is 11.3. The van der Waals surface area contributed by atoms with Gasteiger partial charge in [0.05, 0.1) is 5.69 Å². The van der Waals surface area contributed by atoms with Crippen molar-refractivity contribution in [2.75, 3.05) is 24.8 Å². The highest BCUT2D eigenvalue weighted by molar-refractivity contribution is 7.56. The molecule has 0 bridgehead atoms. The summed E-state index contributed by atoms with van der Waals surface area (Å²) in [5, 5.41) is 5.66. The lowest BCUT2D eigenvalue weighted by atomic mass is 10.2. The maximum Gasteiger partial charge on any atom is 0.270 e. The molecule has 0 saturated heterocycles. The fourth-order valence-corrected chi connectivity index (χ4v) is 5.48. The van der Waals surface area contributed by atoms with Crippen molar-refractivity contribution < 1.29 is 14.3 Å². The highest BCUT2D eigenvalue weighted by atomic mass is 31.1. The van der Waals surface area contributed by atoms with E-state index in [0.29, 0.717) is 17.1 Å². The molecule has 6 nitrogen and oxygen atoms in total. The summed E-state index contributed by atoms with van der Waals surface area (Å²) in [5.41, 5.74) is 3.22. The predicted octanol–water partition coefficient (Wildman–Crippen LogP) is 4.96. The second kappa shape index (κ2) is 12.3. The number of nitrogens with zero attached hydrogens (tertiary/aromatic N) is 1. The monoisotopic (exact) mass is 465 g/mol. The van der Waals surface area contributed by atoms with E-state index in [2.05, 4.69) is 41.3 Å². The lowest BCUT2D eigenvalue weighted by Crippen LogP contribution is -2.46. The number of ether oxygens (including phenoxy) is 1. The zero-order valence-corrected chi connectivity index (χ0v) is 20.4. The molecule has 3 rings (SSSR count). The van der Waals surface area contributed by atoms with Crippen molar-refractivity contribution in [2.45, 2.75) is 38.9 Å². The third kappa shape index (κ3) is 7.26. The lowest BCUT2D eigenvalue weighted by molar-refractivity contribution is -0.124. The van der Waals surface area contributed by atoms with Crippen molar-refractivity contribution in [2.24, 2.45) is 4.99 Å². The summed E-state index contributed by atoms with van der Waals surface area (Å²) in [6, 6.07) is 16.8. The Hall–Kier alpha value is -2.98. The van der Waals surface area contributed by atoms with E-state index >= 15 is 0 Å². The van der Waals surface area contributed by atoms with E-state index < -0.39 is 6.04 Å². The molecule has 0 radical (unpaired) electrons. The molecular formula is C26H32N3O3P. The Balaban J connectivity index is 1.72. The summed E-state index contributed by atoms with van der Waals surface area (Å²) in [6.45, 7) is 6.33. The van der Waals surface area contributed by atoms with Gasteiger partial charge in [0.15, 0.2) is 0 Å². The molecular weight excluding hydrogens is 433 g/mol. The Kier molecular flexibility index (Phi) is 9.20. The molecule has 1 aliphatic rings. The van der Waals surface area contributed by atoms with Gasteiger partial charge in [-0.05, 0) is 55.6 Å². The summed E-state index contributed by atoms with van der Waals surface area (Å²) in [4.78, 5) is 30.4.